The fraction of sp³-hybridized carbons (Fsp3) is 0.364. The van der Waals surface area contributed by atoms with Gasteiger partial charge in [0.05, 0.1) is 11.4 Å². The highest BCUT2D eigenvalue weighted by molar-refractivity contribution is 6.32. The second-order valence-corrected chi connectivity index (χ2v) is 4.14. The van der Waals surface area contributed by atoms with Crippen LogP contribution in [0.25, 0.3) is 0 Å². The van der Waals surface area contributed by atoms with Crippen molar-refractivity contribution in [2.75, 3.05) is 6.79 Å². The first kappa shape index (κ1) is 11.1. The molecule has 1 aromatic rings. The number of rotatable bonds is 3. The van der Waals surface area contributed by atoms with Gasteiger partial charge in [0.25, 0.3) is 0 Å². The Morgan fingerprint density at radius 2 is 2.31 bits per heavy atom. The molecule has 1 heterocycles. The lowest BCUT2D eigenvalue weighted by atomic mass is 9.97. The Morgan fingerprint density at radius 1 is 1.56 bits per heavy atom. The number of ether oxygens (including phenoxy) is 2. The van der Waals surface area contributed by atoms with E-state index < -0.39 is 5.97 Å². The van der Waals surface area contributed by atoms with E-state index in [4.69, 9.17) is 26.2 Å². The first-order valence-electron chi connectivity index (χ1n) is 4.88. The summed E-state index contributed by atoms with van der Waals surface area (Å²) in [6, 6.07) is 3.50. The largest absolute Gasteiger partial charge is 0.481 e. The van der Waals surface area contributed by atoms with Crippen LogP contribution in [-0.4, -0.2) is 17.9 Å². The van der Waals surface area contributed by atoms with Crippen molar-refractivity contribution in [1.82, 2.24) is 0 Å². The van der Waals surface area contributed by atoms with Gasteiger partial charge in [0.15, 0.2) is 11.5 Å². The summed E-state index contributed by atoms with van der Waals surface area (Å²) < 4.78 is 10.4. The Balaban J connectivity index is 2.29. The lowest BCUT2D eigenvalue weighted by Gasteiger charge is -2.10. The molecular formula is C11H11ClO4. The van der Waals surface area contributed by atoms with Crippen molar-refractivity contribution in [3.8, 4) is 11.5 Å². The second kappa shape index (κ2) is 4.22. The molecule has 0 amide bonds. The van der Waals surface area contributed by atoms with Crippen molar-refractivity contribution in [1.29, 1.82) is 0 Å². The third-order valence-corrected chi connectivity index (χ3v) is 2.78. The van der Waals surface area contributed by atoms with Crippen molar-refractivity contribution in [2.24, 2.45) is 0 Å². The Labute approximate surface area is 97.7 Å². The predicted molar refractivity (Wildman–Crippen MR) is 58.2 cm³/mol. The van der Waals surface area contributed by atoms with E-state index in [1.807, 2.05) is 6.92 Å². The molecule has 4 nitrogen and oxygen atoms in total. The highest BCUT2D eigenvalue weighted by atomic mass is 35.5. The third-order valence-electron chi connectivity index (χ3n) is 2.50. The number of fused-ring (bicyclic) bond motifs is 1. The van der Waals surface area contributed by atoms with Gasteiger partial charge in [-0.25, -0.2) is 0 Å². The molecule has 0 radical (unpaired) electrons. The van der Waals surface area contributed by atoms with Crippen molar-refractivity contribution in [3.05, 3.63) is 22.7 Å². The van der Waals surface area contributed by atoms with Crippen LogP contribution in [0.2, 0.25) is 5.02 Å². The lowest BCUT2D eigenvalue weighted by Crippen LogP contribution is -2.02. The molecule has 1 aliphatic rings. The summed E-state index contributed by atoms with van der Waals surface area (Å²) >= 11 is 6.00. The van der Waals surface area contributed by atoms with Crippen LogP contribution in [-0.2, 0) is 4.79 Å². The third kappa shape index (κ3) is 2.07. The van der Waals surface area contributed by atoms with Gasteiger partial charge >= 0.3 is 5.97 Å². The first-order valence-corrected chi connectivity index (χ1v) is 5.26. The minimum Gasteiger partial charge on any atom is -0.481 e. The monoisotopic (exact) mass is 242 g/mol. The minimum atomic E-state index is -0.832. The highest BCUT2D eigenvalue weighted by Gasteiger charge is 2.20. The molecule has 5 heteroatoms. The second-order valence-electron chi connectivity index (χ2n) is 3.74. The number of carbonyl (C=O) groups is 1. The van der Waals surface area contributed by atoms with Gasteiger partial charge < -0.3 is 14.6 Å². The van der Waals surface area contributed by atoms with Gasteiger partial charge in [-0.05, 0) is 23.6 Å². The van der Waals surface area contributed by atoms with Crippen molar-refractivity contribution >= 4 is 17.6 Å². The molecule has 0 spiro atoms. The molecule has 0 saturated heterocycles. The lowest BCUT2D eigenvalue weighted by molar-refractivity contribution is -0.137. The SMILES string of the molecule is CC(CC(=O)O)c1cc(Cl)c2c(c1)OCO2. The number of hydrogen-bond acceptors (Lipinski definition) is 3. The number of carboxylic acids is 1. The number of benzene rings is 1. The molecule has 1 N–H and O–H groups in total. The molecule has 1 aliphatic heterocycles. The van der Waals surface area contributed by atoms with E-state index >= 15 is 0 Å². The van der Waals surface area contributed by atoms with Crippen LogP contribution in [0, 0.1) is 0 Å². The summed E-state index contributed by atoms with van der Waals surface area (Å²) in [5.41, 5.74) is 0.844. The molecule has 2 rings (SSSR count). The molecule has 0 bridgehead atoms. The summed E-state index contributed by atoms with van der Waals surface area (Å²) in [7, 11) is 0. The average molecular weight is 243 g/mol. The average Bonchev–Trinajstić information content (AvgIpc) is 2.64. The summed E-state index contributed by atoms with van der Waals surface area (Å²) in [5.74, 6) is 0.179. The molecule has 86 valence electrons. The van der Waals surface area contributed by atoms with Crippen molar-refractivity contribution < 1.29 is 19.4 Å². The molecule has 0 saturated carbocycles. The summed E-state index contributed by atoms with van der Waals surface area (Å²) in [5, 5.41) is 9.18. The fourth-order valence-electron chi connectivity index (χ4n) is 1.65. The van der Waals surface area contributed by atoms with Gasteiger partial charge in [0.1, 0.15) is 0 Å². The van der Waals surface area contributed by atoms with Crippen molar-refractivity contribution in [2.45, 2.75) is 19.3 Å². The summed E-state index contributed by atoms with van der Waals surface area (Å²) in [6.45, 7) is 1.99. The fourth-order valence-corrected chi connectivity index (χ4v) is 1.93. The normalized spacial score (nSPS) is 14.9. The standard InChI is InChI=1S/C11H11ClO4/c1-6(2-10(13)14)7-3-8(12)11-9(4-7)15-5-16-11/h3-4,6H,2,5H2,1H3,(H,13,14). The van der Waals surface area contributed by atoms with Gasteiger partial charge in [-0.15, -0.1) is 0 Å². The minimum absolute atomic E-state index is 0.0654. The van der Waals surface area contributed by atoms with Crippen LogP contribution < -0.4 is 9.47 Å². The van der Waals surface area contributed by atoms with E-state index in [0.717, 1.165) is 5.56 Å². The molecular weight excluding hydrogens is 232 g/mol. The van der Waals surface area contributed by atoms with Gasteiger partial charge in [0, 0.05) is 0 Å². The van der Waals surface area contributed by atoms with E-state index in [-0.39, 0.29) is 19.1 Å². The van der Waals surface area contributed by atoms with Gasteiger partial charge in [-0.2, -0.15) is 0 Å². The zero-order valence-corrected chi connectivity index (χ0v) is 9.45. The molecule has 16 heavy (non-hydrogen) atoms. The van der Waals surface area contributed by atoms with E-state index in [2.05, 4.69) is 0 Å². The zero-order valence-electron chi connectivity index (χ0n) is 8.70. The van der Waals surface area contributed by atoms with Gasteiger partial charge in [0.2, 0.25) is 6.79 Å². The van der Waals surface area contributed by atoms with Gasteiger partial charge in [-0.3, -0.25) is 4.79 Å². The summed E-state index contributed by atoms with van der Waals surface area (Å²) in [4.78, 5) is 10.6. The maximum absolute atomic E-state index is 10.6. The number of aliphatic carboxylic acids is 1. The van der Waals surface area contributed by atoms with Gasteiger partial charge in [-0.1, -0.05) is 18.5 Å². The van der Waals surface area contributed by atoms with E-state index in [9.17, 15) is 4.79 Å². The topological polar surface area (TPSA) is 55.8 Å². The number of halogens is 1. The number of carboxylic acid groups (broad SMARTS) is 1. The van der Waals surface area contributed by atoms with Crippen LogP contribution >= 0.6 is 11.6 Å². The predicted octanol–water partition coefficient (Wildman–Crippen LogP) is 2.65. The Morgan fingerprint density at radius 3 is 3.00 bits per heavy atom. The molecule has 1 aromatic carbocycles. The zero-order chi connectivity index (χ0) is 11.7. The maximum atomic E-state index is 10.6. The van der Waals surface area contributed by atoms with E-state index in [0.29, 0.717) is 16.5 Å². The van der Waals surface area contributed by atoms with Crippen LogP contribution in [0.5, 0.6) is 11.5 Å². The summed E-state index contributed by atoms with van der Waals surface area (Å²) in [6.07, 6.45) is 0.0654. The molecule has 0 aromatic heterocycles. The van der Waals surface area contributed by atoms with E-state index in [1.165, 1.54) is 0 Å². The van der Waals surface area contributed by atoms with Crippen molar-refractivity contribution in [3.63, 3.8) is 0 Å². The quantitative estimate of drug-likeness (QED) is 0.885. The first-order chi connectivity index (χ1) is 7.58. The maximum Gasteiger partial charge on any atom is 0.303 e. The van der Waals surface area contributed by atoms with Crippen LogP contribution in [0.3, 0.4) is 0 Å². The Bertz CT molecular complexity index is 430. The number of hydrogen-bond donors (Lipinski definition) is 1. The molecule has 1 atom stereocenters. The molecule has 1 unspecified atom stereocenters. The Hall–Kier alpha value is -1.42. The van der Waals surface area contributed by atoms with E-state index in [1.54, 1.807) is 12.1 Å². The van der Waals surface area contributed by atoms with Crippen LogP contribution in [0.1, 0.15) is 24.8 Å². The molecule has 0 fully saturated rings. The molecule has 0 aliphatic carbocycles. The van der Waals surface area contributed by atoms with Crippen LogP contribution in [0.4, 0.5) is 0 Å². The van der Waals surface area contributed by atoms with Crippen LogP contribution in [0.15, 0.2) is 12.1 Å². The highest BCUT2D eigenvalue weighted by Crippen LogP contribution is 2.41. The Kier molecular flexibility index (Phi) is 2.92. The smallest absolute Gasteiger partial charge is 0.303 e.